The Morgan fingerprint density at radius 3 is 2.56 bits per heavy atom. The highest BCUT2D eigenvalue weighted by Crippen LogP contribution is 2.59. The molecule has 1 N–H and O–H groups in total. The number of carbonyl (C=O) groups is 1. The molecule has 224 valence electrons. The molecule has 2 aromatic carbocycles. The standard InChI is InChI=1S/C30H26ClF3N4O3S2/c31-24-14-21(30(32,33)34)16-36-25(24)17-37-28(39)20-6-7-26-23(13-20)29(8-10-42-11-9-29)27(19-4-5-19)38(26)43(40,41)22-3-1-2-18(12-22)15-35/h1-3,6-7,12-14,16,19,27H,4-5,8-11,17H2,(H,37,39)/t27-/m0/s1. The van der Waals surface area contributed by atoms with Gasteiger partial charge in [0, 0.05) is 17.2 Å². The summed E-state index contributed by atoms with van der Waals surface area (Å²) in [6.45, 7) is -0.185. The molecule has 1 atom stereocenters. The summed E-state index contributed by atoms with van der Waals surface area (Å²) in [5.74, 6) is 1.41. The van der Waals surface area contributed by atoms with Gasteiger partial charge in [0.15, 0.2) is 0 Å². The number of halogens is 4. The molecule has 1 aromatic heterocycles. The molecule has 6 rings (SSSR count). The van der Waals surface area contributed by atoms with Crippen LogP contribution in [0.4, 0.5) is 18.9 Å². The summed E-state index contributed by atoms with van der Waals surface area (Å²) in [7, 11) is -4.04. The molecule has 0 unspecified atom stereocenters. The minimum atomic E-state index is -4.59. The Kier molecular flexibility index (Phi) is 7.63. The lowest BCUT2D eigenvalue weighted by atomic mass is 9.70. The second-order valence-corrected chi connectivity index (χ2v) is 14.5. The summed E-state index contributed by atoms with van der Waals surface area (Å²) in [6, 6.07) is 13.5. The molecule has 1 saturated carbocycles. The van der Waals surface area contributed by atoms with Gasteiger partial charge in [-0.15, -0.1) is 0 Å². The maximum absolute atomic E-state index is 14.3. The van der Waals surface area contributed by atoms with Crippen LogP contribution in [0.1, 0.15) is 58.4 Å². The third-order valence-electron chi connectivity index (χ3n) is 8.49. The Labute approximate surface area is 256 Å². The van der Waals surface area contributed by atoms with E-state index in [9.17, 15) is 31.6 Å². The van der Waals surface area contributed by atoms with E-state index in [1.54, 1.807) is 34.6 Å². The first-order chi connectivity index (χ1) is 20.5. The molecule has 43 heavy (non-hydrogen) atoms. The minimum absolute atomic E-state index is 0.0492. The van der Waals surface area contributed by atoms with Crippen LogP contribution in [0.5, 0.6) is 0 Å². The van der Waals surface area contributed by atoms with E-state index in [4.69, 9.17) is 11.6 Å². The van der Waals surface area contributed by atoms with Crippen LogP contribution in [0, 0.1) is 17.2 Å². The van der Waals surface area contributed by atoms with Crippen molar-refractivity contribution in [3.63, 3.8) is 0 Å². The van der Waals surface area contributed by atoms with E-state index in [0.717, 1.165) is 48.8 Å². The molecule has 13 heteroatoms. The van der Waals surface area contributed by atoms with Crippen molar-refractivity contribution in [2.75, 3.05) is 15.8 Å². The van der Waals surface area contributed by atoms with Gasteiger partial charge in [0.25, 0.3) is 15.9 Å². The van der Waals surface area contributed by atoms with Crippen LogP contribution in [0.15, 0.2) is 59.6 Å². The SMILES string of the molecule is N#Cc1cccc(S(=O)(=O)N2c3ccc(C(=O)NCc4ncc(C(F)(F)F)cc4Cl)cc3C3(CCSCC3)[C@@H]2C2CC2)c1. The fraction of sp³-hybridized carbons (Fsp3) is 0.367. The molecule has 1 spiro atoms. The highest BCUT2D eigenvalue weighted by molar-refractivity contribution is 7.99. The predicted octanol–water partition coefficient (Wildman–Crippen LogP) is 6.31. The Hall–Kier alpha value is -3.27. The fourth-order valence-electron chi connectivity index (χ4n) is 6.29. The smallest absolute Gasteiger partial charge is 0.346 e. The molecule has 1 amide bonds. The number of alkyl halides is 3. The number of hydrogen-bond acceptors (Lipinski definition) is 6. The summed E-state index contributed by atoms with van der Waals surface area (Å²) in [6.07, 6.45) is -0.585. The van der Waals surface area contributed by atoms with Gasteiger partial charge in [-0.05, 0) is 91.1 Å². The topological polar surface area (TPSA) is 103 Å². The average Bonchev–Trinajstić information content (AvgIpc) is 3.80. The second kappa shape index (κ2) is 11.0. The predicted molar refractivity (Wildman–Crippen MR) is 157 cm³/mol. The van der Waals surface area contributed by atoms with E-state index in [-0.39, 0.29) is 39.7 Å². The van der Waals surface area contributed by atoms with Gasteiger partial charge >= 0.3 is 6.18 Å². The zero-order valence-electron chi connectivity index (χ0n) is 22.7. The number of carbonyl (C=O) groups excluding carboxylic acids is 1. The molecular formula is C30H26ClF3N4O3S2. The van der Waals surface area contributed by atoms with E-state index >= 15 is 0 Å². The van der Waals surface area contributed by atoms with Crippen molar-refractivity contribution < 1.29 is 26.4 Å². The molecule has 2 aliphatic heterocycles. The fourth-order valence-corrected chi connectivity index (χ4v) is 9.59. The number of sulfonamides is 1. The maximum Gasteiger partial charge on any atom is 0.417 e. The number of anilines is 1. The molecule has 3 aromatic rings. The highest BCUT2D eigenvalue weighted by atomic mass is 35.5. The highest BCUT2D eigenvalue weighted by Gasteiger charge is 2.59. The van der Waals surface area contributed by atoms with E-state index in [0.29, 0.717) is 17.4 Å². The van der Waals surface area contributed by atoms with E-state index in [1.807, 2.05) is 17.8 Å². The molecule has 2 fully saturated rings. The van der Waals surface area contributed by atoms with Gasteiger partial charge < -0.3 is 5.32 Å². The number of nitrogens with one attached hydrogen (secondary N) is 1. The van der Waals surface area contributed by atoms with Crippen molar-refractivity contribution >= 4 is 45.0 Å². The first-order valence-corrected chi connectivity index (χ1v) is 16.7. The molecule has 0 radical (unpaired) electrons. The number of nitriles is 1. The second-order valence-electron chi connectivity index (χ2n) is 11.1. The number of pyridine rings is 1. The first kappa shape index (κ1) is 29.8. The summed E-state index contributed by atoms with van der Waals surface area (Å²) >= 11 is 7.84. The molecule has 3 aliphatic rings. The van der Waals surface area contributed by atoms with Crippen molar-refractivity contribution in [2.45, 2.75) is 54.8 Å². The van der Waals surface area contributed by atoms with Crippen LogP contribution in [0.25, 0.3) is 0 Å². The lowest BCUT2D eigenvalue weighted by Crippen LogP contribution is -2.50. The van der Waals surface area contributed by atoms with Crippen molar-refractivity contribution in [1.29, 1.82) is 5.26 Å². The average molecular weight is 647 g/mol. The number of nitrogens with zero attached hydrogens (tertiary/aromatic N) is 3. The monoisotopic (exact) mass is 646 g/mol. The molecular weight excluding hydrogens is 621 g/mol. The quantitative estimate of drug-likeness (QED) is 0.337. The number of amides is 1. The van der Waals surface area contributed by atoms with Crippen LogP contribution in [0.3, 0.4) is 0 Å². The molecule has 7 nitrogen and oxygen atoms in total. The number of rotatable bonds is 6. The molecule has 0 bridgehead atoms. The van der Waals surface area contributed by atoms with Gasteiger partial charge in [0.2, 0.25) is 0 Å². The third-order valence-corrected chi connectivity index (χ3v) is 11.6. The first-order valence-electron chi connectivity index (χ1n) is 13.7. The summed E-state index contributed by atoms with van der Waals surface area (Å²) in [4.78, 5) is 17.1. The molecule has 3 heterocycles. The summed E-state index contributed by atoms with van der Waals surface area (Å²) in [5, 5.41) is 11.9. The van der Waals surface area contributed by atoms with E-state index in [2.05, 4.69) is 10.3 Å². The van der Waals surface area contributed by atoms with Gasteiger partial charge in [-0.2, -0.15) is 30.2 Å². The largest absolute Gasteiger partial charge is 0.417 e. The summed E-state index contributed by atoms with van der Waals surface area (Å²) in [5.41, 5.74) is 0.539. The van der Waals surface area contributed by atoms with Gasteiger partial charge in [0.05, 0.1) is 51.1 Å². The van der Waals surface area contributed by atoms with Gasteiger partial charge in [-0.1, -0.05) is 17.7 Å². The van der Waals surface area contributed by atoms with Gasteiger partial charge in [0.1, 0.15) is 0 Å². The van der Waals surface area contributed by atoms with Crippen molar-refractivity contribution in [2.24, 2.45) is 5.92 Å². The Bertz CT molecular complexity index is 1750. The molecule has 1 aliphatic carbocycles. The van der Waals surface area contributed by atoms with E-state index < -0.39 is 33.1 Å². The summed E-state index contributed by atoms with van der Waals surface area (Å²) < 4.78 is 69.0. The number of thioether (sulfide) groups is 1. The van der Waals surface area contributed by atoms with Gasteiger partial charge in [-0.25, -0.2) is 8.42 Å². The van der Waals surface area contributed by atoms with Crippen LogP contribution >= 0.6 is 23.4 Å². The zero-order chi connectivity index (χ0) is 30.6. The van der Waals surface area contributed by atoms with Crippen molar-refractivity contribution in [3.8, 4) is 6.07 Å². The maximum atomic E-state index is 14.3. The van der Waals surface area contributed by atoms with Gasteiger partial charge in [-0.3, -0.25) is 14.1 Å². The van der Waals surface area contributed by atoms with Crippen LogP contribution in [0.2, 0.25) is 5.02 Å². The number of aromatic nitrogens is 1. The van der Waals surface area contributed by atoms with Crippen LogP contribution in [-0.2, 0) is 28.2 Å². The molecule has 1 saturated heterocycles. The van der Waals surface area contributed by atoms with E-state index in [1.165, 1.54) is 12.1 Å². The Morgan fingerprint density at radius 2 is 1.91 bits per heavy atom. The Morgan fingerprint density at radius 1 is 1.16 bits per heavy atom. The lowest BCUT2D eigenvalue weighted by molar-refractivity contribution is -0.137. The van der Waals surface area contributed by atoms with Crippen molar-refractivity contribution in [1.82, 2.24) is 10.3 Å². The normalized spacial score (nSPS) is 19.6. The number of benzene rings is 2. The zero-order valence-corrected chi connectivity index (χ0v) is 25.1. The minimum Gasteiger partial charge on any atom is -0.346 e. The van der Waals surface area contributed by atoms with Crippen molar-refractivity contribution in [3.05, 3.63) is 87.7 Å². The van der Waals surface area contributed by atoms with Crippen LogP contribution < -0.4 is 9.62 Å². The lowest BCUT2D eigenvalue weighted by Gasteiger charge is -2.41. The number of hydrogen-bond donors (Lipinski definition) is 1. The third kappa shape index (κ3) is 5.36. The van der Waals surface area contributed by atoms with Crippen LogP contribution in [-0.4, -0.2) is 36.9 Å². The Balaban J connectivity index is 1.36. The number of fused-ring (bicyclic) bond motifs is 2.